The van der Waals surface area contributed by atoms with Crippen molar-refractivity contribution in [3.8, 4) is 22.8 Å². The first-order chi connectivity index (χ1) is 17.6. The van der Waals surface area contributed by atoms with Crippen molar-refractivity contribution in [1.82, 2.24) is 10.3 Å². The van der Waals surface area contributed by atoms with Crippen LogP contribution in [0.1, 0.15) is 33.9 Å². The molecule has 0 amide bonds. The van der Waals surface area contributed by atoms with Gasteiger partial charge >= 0.3 is 5.97 Å². The zero-order chi connectivity index (χ0) is 24.6. The number of anilines is 1. The summed E-state index contributed by atoms with van der Waals surface area (Å²) in [6, 6.07) is 21.8. The predicted molar refractivity (Wildman–Crippen MR) is 136 cm³/mol. The molecule has 6 rings (SSSR count). The van der Waals surface area contributed by atoms with Gasteiger partial charge in [-0.2, -0.15) is 0 Å². The van der Waals surface area contributed by atoms with Gasteiger partial charge in [-0.25, -0.2) is 4.79 Å². The number of hydrogen-bond acceptors (Lipinski definition) is 7. The minimum absolute atomic E-state index is 0.183. The van der Waals surface area contributed by atoms with E-state index in [-0.39, 0.29) is 18.9 Å². The number of furan rings is 1. The summed E-state index contributed by atoms with van der Waals surface area (Å²) >= 11 is 5.79. The maximum absolute atomic E-state index is 12.4. The molecule has 4 heterocycles. The van der Waals surface area contributed by atoms with Crippen molar-refractivity contribution in [3.63, 3.8) is 0 Å². The summed E-state index contributed by atoms with van der Waals surface area (Å²) in [7, 11) is 1.36. The highest BCUT2D eigenvalue weighted by Crippen LogP contribution is 2.45. The number of methoxy groups -OCH3 is 1. The number of thiocarbonyl (C=S) groups is 1. The molecule has 9 heteroatoms. The lowest BCUT2D eigenvalue weighted by Gasteiger charge is -2.26. The van der Waals surface area contributed by atoms with Crippen molar-refractivity contribution >= 4 is 29.0 Å². The Morgan fingerprint density at radius 2 is 1.89 bits per heavy atom. The maximum atomic E-state index is 12.4. The third-order valence-electron chi connectivity index (χ3n) is 6.25. The largest absolute Gasteiger partial charge is 0.465 e. The zero-order valence-electron chi connectivity index (χ0n) is 19.2. The van der Waals surface area contributed by atoms with Gasteiger partial charge in [0.2, 0.25) is 6.79 Å². The number of fused-ring (bicyclic) bond motifs is 1. The number of benzene rings is 2. The molecule has 0 saturated carbocycles. The van der Waals surface area contributed by atoms with E-state index in [1.54, 1.807) is 18.3 Å². The number of esters is 1. The van der Waals surface area contributed by atoms with Crippen molar-refractivity contribution in [2.45, 2.75) is 12.1 Å². The average Bonchev–Trinajstić information content (AvgIpc) is 3.66. The predicted octanol–water partition coefficient (Wildman–Crippen LogP) is 5.03. The minimum Gasteiger partial charge on any atom is -0.465 e. The number of hydrogen-bond donors (Lipinski definition) is 1. The number of rotatable bonds is 5. The van der Waals surface area contributed by atoms with Gasteiger partial charge in [0.05, 0.1) is 24.4 Å². The number of carbonyl (C=O) groups is 1. The normalized spacial score (nSPS) is 18.2. The van der Waals surface area contributed by atoms with Crippen molar-refractivity contribution in [2.24, 2.45) is 0 Å². The lowest BCUT2D eigenvalue weighted by atomic mass is 10.0. The Balaban J connectivity index is 1.45. The van der Waals surface area contributed by atoms with Gasteiger partial charge in [-0.05, 0) is 54.7 Å². The van der Waals surface area contributed by atoms with E-state index in [4.69, 9.17) is 30.8 Å². The molecule has 2 aliphatic heterocycles. The number of ether oxygens (including phenoxy) is 3. The van der Waals surface area contributed by atoms with Crippen molar-refractivity contribution in [1.29, 1.82) is 0 Å². The lowest BCUT2D eigenvalue weighted by Crippen LogP contribution is -2.29. The highest BCUT2D eigenvalue weighted by molar-refractivity contribution is 7.80. The van der Waals surface area contributed by atoms with E-state index >= 15 is 0 Å². The first-order valence-corrected chi connectivity index (χ1v) is 11.7. The summed E-state index contributed by atoms with van der Waals surface area (Å²) in [4.78, 5) is 18.9. The number of pyridine rings is 1. The molecule has 1 saturated heterocycles. The molecule has 4 aromatic rings. The van der Waals surface area contributed by atoms with E-state index in [0.29, 0.717) is 39.3 Å². The van der Waals surface area contributed by atoms with Crippen LogP contribution in [0, 0.1) is 0 Å². The van der Waals surface area contributed by atoms with Crippen LogP contribution >= 0.6 is 12.2 Å². The number of nitrogens with zero attached hydrogens (tertiary/aromatic N) is 2. The second kappa shape index (κ2) is 9.01. The van der Waals surface area contributed by atoms with Crippen molar-refractivity contribution in [2.75, 3.05) is 18.8 Å². The van der Waals surface area contributed by atoms with E-state index < -0.39 is 5.97 Å². The van der Waals surface area contributed by atoms with Crippen LogP contribution in [0.4, 0.5) is 5.69 Å². The van der Waals surface area contributed by atoms with Crippen LogP contribution in [0.2, 0.25) is 0 Å². The SMILES string of the molecule is COC(=O)c1ccccc1-c1ccc([C@H]2[C@@H](c3ccccn3)NC(=S)N2c2ccc3c(c2)OCO3)o1. The van der Waals surface area contributed by atoms with Gasteiger partial charge in [-0.1, -0.05) is 24.3 Å². The Morgan fingerprint density at radius 3 is 2.72 bits per heavy atom. The van der Waals surface area contributed by atoms with Gasteiger partial charge in [0.15, 0.2) is 16.6 Å². The molecule has 0 unspecified atom stereocenters. The van der Waals surface area contributed by atoms with Gasteiger partial charge in [-0.3, -0.25) is 4.98 Å². The van der Waals surface area contributed by atoms with Gasteiger partial charge in [-0.15, -0.1) is 0 Å². The smallest absolute Gasteiger partial charge is 0.338 e. The first kappa shape index (κ1) is 22.1. The molecule has 180 valence electrons. The Labute approximate surface area is 212 Å². The fourth-order valence-corrected chi connectivity index (χ4v) is 4.95. The van der Waals surface area contributed by atoms with Crippen LogP contribution in [-0.4, -0.2) is 30.0 Å². The molecule has 8 nitrogen and oxygen atoms in total. The number of nitrogens with one attached hydrogen (secondary N) is 1. The second-order valence-corrected chi connectivity index (χ2v) is 8.66. The Morgan fingerprint density at radius 1 is 1.06 bits per heavy atom. The molecule has 2 aromatic heterocycles. The molecule has 0 radical (unpaired) electrons. The van der Waals surface area contributed by atoms with E-state index in [2.05, 4.69) is 10.3 Å². The Hall–Kier alpha value is -4.37. The molecule has 2 atom stereocenters. The molecule has 36 heavy (non-hydrogen) atoms. The molecule has 1 fully saturated rings. The quantitative estimate of drug-likeness (QED) is 0.300. The topological polar surface area (TPSA) is 86.1 Å². The van der Waals surface area contributed by atoms with Gasteiger partial charge < -0.3 is 28.8 Å². The number of aromatic nitrogens is 1. The molecule has 1 N–H and O–H groups in total. The van der Waals surface area contributed by atoms with Gasteiger partial charge in [0.25, 0.3) is 0 Å². The molecule has 2 aromatic carbocycles. The molecular formula is C27H21N3O5S. The van der Waals surface area contributed by atoms with E-state index in [1.165, 1.54) is 7.11 Å². The molecule has 0 aliphatic carbocycles. The fraction of sp³-hybridized carbons (Fsp3) is 0.148. The molecule has 2 aliphatic rings. The number of carbonyl (C=O) groups excluding carboxylic acids is 1. The van der Waals surface area contributed by atoms with Crippen LogP contribution in [0.15, 0.2) is 83.4 Å². The van der Waals surface area contributed by atoms with E-state index in [0.717, 1.165) is 11.4 Å². The summed E-state index contributed by atoms with van der Waals surface area (Å²) in [6.07, 6.45) is 1.75. The van der Waals surface area contributed by atoms with E-state index in [1.807, 2.05) is 65.6 Å². The van der Waals surface area contributed by atoms with Crippen molar-refractivity contribution < 1.29 is 23.4 Å². The highest BCUT2D eigenvalue weighted by Gasteiger charge is 2.43. The Kier molecular flexibility index (Phi) is 5.54. The summed E-state index contributed by atoms with van der Waals surface area (Å²) < 4.78 is 22.4. The van der Waals surface area contributed by atoms with Crippen LogP contribution in [0.3, 0.4) is 0 Å². The highest BCUT2D eigenvalue weighted by atomic mass is 32.1. The first-order valence-electron chi connectivity index (χ1n) is 11.3. The third-order valence-corrected chi connectivity index (χ3v) is 6.56. The summed E-state index contributed by atoms with van der Waals surface area (Å²) in [5, 5.41) is 3.94. The van der Waals surface area contributed by atoms with Gasteiger partial charge in [0.1, 0.15) is 17.6 Å². The summed E-state index contributed by atoms with van der Waals surface area (Å²) in [5.74, 6) is 2.12. The standard InChI is InChI=1S/C27H21N3O5S/c1-32-26(31)18-7-3-2-6-17(18)20-11-12-22(35-20)25-24(19-8-4-5-13-28-19)29-27(36)30(25)16-9-10-21-23(14-16)34-15-33-21/h2-14,24-25H,15H2,1H3,(H,29,36)/t24-,25+/m1/s1. The fourth-order valence-electron chi connectivity index (χ4n) is 4.60. The minimum atomic E-state index is -0.430. The molecule has 0 spiro atoms. The van der Waals surface area contributed by atoms with Crippen LogP contribution < -0.4 is 19.7 Å². The maximum Gasteiger partial charge on any atom is 0.338 e. The molecule has 0 bridgehead atoms. The van der Waals surface area contributed by atoms with Crippen molar-refractivity contribution in [3.05, 3.63) is 96.0 Å². The zero-order valence-corrected chi connectivity index (χ0v) is 20.0. The monoisotopic (exact) mass is 499 g/mol. The Bertz CT molecular complexity index is 1450. The van der Waals surface area contributed by atoms with Crippen LogP contribution in [0.5, 0.6) is 11.5 Å². The van der Waals surface area contributed by atoms with Gasteiger partial charge in [0, 0.05) is 23.5 Å². The third kappa shape index (κ3) is 3.74. The van der Waals surface area contributed by atoms with Crippen LogP contribution in [0.25, 0.3) is 11.3 Å². The second-order valence-electron chi connectivity index (χ2n) is 8.27. The average molecular weight is 500 g/mol. The lowest BCUT2D eigenvalue weighted by molar-refractivity contribution is 0.0601. The summed E-state index contributed by atoms with van der Waals surface area (Å²) in [6.45, 7) is 0.183. The molecular weight excluding hydrogens is 478 g/mol. The van der Waals surface area contributed by atoms with E-state index in [9.17, 15) is 4.79 Å². The van der Waals surface area contributed by atoms with Crippen LogP contribution in [-0.2, 0) is 4.74 Å². The summed E-state index contributed by atoms with van der Waals surface area (Å²) in [5.41, 5.74) is 2.72.